The van der Waals surface area contributed by atoms with E-state index in [1.807, 2.05) is 30.3 Å². The van der Waals surface area contributed by atoms with E-state index in [2.05, 4.69) is 10.0 Å². The first-order chi connectivity index (χ1) is 10.8. The van der Waals surface area contributed by atoms with Crippen molar-refractivity contribution in [2.45, 2.75) is 51.4 Å². The van der Waals surface area contributed by atoms with Crippen molar-refractivity contribution in [3.05, 3.63) is 46.3 Å². The molecule has 7 nitrogen and oxygen atoms in total. The van der Waals surface area contributed by atoms with Gasteiger partial charge in [-0.3, -0.25) is 4.79 Å². The number of azide groups is 1. The molecule has 0 N–H and O–H groups in total. The molecule has 0 unspecified atom stereocenters. The normalized spacial score (nSPS) is 21.9. The highest BCUT2D eigenvalue weighted by Crippen LogP contribution is 2.39. The Hall–Kier alpha value is -2.53. The van der Waals surface area contributed by atoms with Crippen LogP contribution >= 0.6 is 0 Å². The summed E-state index contributed by atoms with van der Waals surface area (Å²) in [6, 6.07) is 7.17. The van der Waals surface area contributed by atoms with Crippen LogP contribution in [0.3, 0.4) is 0 Å². The average Bonchev–Trinajstić information content (AvgIpc) is 2.48. The second kappa shape index (κ2) is 6.30. The van der Waals surface area contributed by atoms with Crippen molar-refractivity contribution in [3.63, 3.8) is 0 Å². The molecule has 1 heterocycles. The number of rotatable bonds is 4. The molecule has 0 spiro atoms. The number of nitrogens with zero attached hydrogens (tertiary/aromatic N) is 4. The maximum atomic E-state index is 12.3. The van der Waals surface area contributed by atoms with Crippen LogP contribution in [0.25, 0.3) is 10.4 Å². The molecule has 7 heteroatoms. The van der Waals surface area contributed by atoms with Gasteiger partial charge in [-0.15, -0.1) is 0 Å². The molecule has 2 rings (SSSR count). The van der Waals surface area contributed by atoms with Gasteiger partial charge in [0.15, 0.2) is 0 Å². The molecular weight excluding hydrogens is 296 g/mol. The molecule has 1 saturated heterocycles. The van der Waals surface area contributed by atoms with Gasteiger partial charge in [-0.1, -0.05) is 35.4 Å². The predicted octanol–water partition coefficient (Wildman–Crippen LogP) is 2.98. The van der Waals surface area contributed by atoms with Gasteiger partial charge in [0.25, 0.3) is 0 Å². The Morgan fingerprint density at radius 3 is 2.48 bits per heavy atom. The van der Waals surface area contributed by atoms with E-state index < -0.39 is 29.7 Å². The molecule has 1 amide bonds. The first-order valence-corrected chi connectivity index (χ1v) is 7.40. The van der Waals surface area contributed by atoms with Crippen LogP contribution in [0, 0.1) is 0 Å². The van der Waals surface area contributed by atoms with E-state index in [1.165, 1.54) is 4.90 Å². The van der Waals surface area contributed by atoms with Gasteiger partial charge in [-0.2, -0.15) is 0 Å². The molecule has 122 valence electrons. The van der Waals surface area contributed by atoms with Gasteiger partial charge < -0.3 is 9.64 Å². The molecule has 1 aliphatic heterocycles. The number of carbonyl (C=O) groups excluding carboxylic acids is 2. The van der Waals surface area contributed by atoms with Gasteiger partial charge in [-0.05, 0) is 38.8 Å². The summed E-state index contributed by atoms with van der Waals surface area (Å²) in [6.45, 7) is 6.93. The summed E-state index contributed by atoms with van der Waals surface area (Å²) in [6.07, 6.45) is 0. The van der Waals surface area contributed by atoms with Crippen LogP contribution in [0.5, 0.6) is 0 Å². The molecule has 1 aliphatic rings. The first kappa shape index (κ1) is 16.8. The topological polar surface area (TPSA) is 95.4 Å². The van der Waals surface area contributed by atoms with Gasteiger partial charge in [0, 0.05) is 4.91 Å². The fourth-order valence-electron chi connectivity index (χ4n) is 2.59. The molecule has 3 atom stereocenters. The molecule has 1 aromatic rings. The fraction of sp³-hybridized carbons (Fsp3) is 0.500. The van der Waals surface area contributed by atoms with Crippen LogP contribution in [-0.2, 0) is 14.3 Å². The summed E-state index contributed by atoms with van der Waals surface area (Å²) in [5.41, 5.74) is 8.85. The highest BCUT2D eigenvalue weighted by Gasteiger charge is 2.51. The predicted molar refractivity (Wildman–Crippen MR) is 84.3 cm³/mol. The van der Waals surface area contributed by atoms with Crippen LogP contribution in [0.2, 0.25) is 0 Å². The third-order valence-corrected chi connectivity index (χ3v) is 3.59. The van der Waals surface area contributed by atoms with Crippen LogP contribution in [0.15, 0.2) is 35.4 Å². The Bertz CT molecular complexity index is 647. The SMILES string of the molecule is C[C@@H](C(=O)OC(C)(C)C)N1C(=O)[C@H](N=[N+]=[N-])[C@@H]1c1ccccc1. The summed E-state index contributed by atoms with van der Waals surface area (Å²) >= 11 is 0. The molecule has 1 aromatic carbocycles. The minimum atomic E-state index is -0.827. The maximum Gasteiger partial charge on any atom is 0.329 e. The summed E-state index contributed by atoms with van der Waals surface area (Å²) in [5, 5.41) is 3.57. The minimum Gasteiger partial charge on any atom is -0.458 e. The van der Waals surface area contributed by atoms with E-state index in [0.717, 1.165) is 5.56 Å². The van der Waals surface area contributed by atoms with Gasteiger partial charge in [0.1, 0.15) is 17.7 Å². The van der Waals surface area contributed by atoms with Crippen LogP contribution in [0.4, 0.5) is 0 Å². The molecule has 23 heavy (non-hydrogen) atoms. The molecule has 0 radical (unpaired) electrons. The first-order valence-electron chi connectivity index (χ1n) is 7.40. The summed E-state index contributed by atoms with van der Waals surface area (Å²) in [4.78, 5) is 28.7. The van der Waals surface area contributed by atoms with Crippen molar-refractivity contribution in [1.82, 2.24) is 4.90 Å². The van der Waals surface area contributed by atoms with E-state index in [1.54, 1.807) is 27.7 Å². The van der Waals surface area contributed by atoms with Crippen molar-refractivity contribution in [2.75, 3.05) is 0 Å². The number of amides is 1. The lowest BCUT2D eigenvalue weighted by atomic mass is 9.87. The van der Waals surface area contributed by atoms with Crippen molar-refractivity contribution in [2.24, 2.45) is 5.11 Å². The third kappa shape index (κ3) is 3.46. The molecule has 0 aliphatic carbocycles. The summed E-state index contributed by atoms with van der Waals surface area (Å²) in [5.74, 6) is -0.846. The van der Waals surface area contributed by atoms with E-state index in [0.29, 0.717) is 0 Å². The van der Waals surface area contributed by atoms with Crippen molar-refractivity contribution >= 4 is 11.9 Å². The van der Waals surface area contributed by atoms with Crippen molar-refractivity contribution in [3.8, 4) is 0 Å². The number of esters is 1. The second-order valence-corrected chi connectivity index (χ2v) is 6.46. The summed E-state index contributed by atoms with van der Waals surface area (Å²) < 4.78 is 5.35. The Morgan fingerprint density at radius 2 is 1.96 bits per heavy atom. The van der Waals surface area contributed by atoms with Crippen molar-refractivity contribution < 1.29 is 14.3 Å². The standard InChI is InChI=1S/C16H20N4O3/c1-10(15(22)23-16(2,3)4)20-13(11-8-6-5-7-9-11)12(14(20)21)18-19-17/h5-10,12-13H,1-4H3/t10-,12+,13-/m0/s1. The number of likely N-dealkylation sites (tertiary alicyclic amines) is 1. The molecule has 0 bridgehead atoms. The molecular formula is C16H20N4O3. The number of benzene rings is 1. The van der Waals surface area contributed by atoms with Gasteiger partial charge in [0.05, 0.1) is 6.04 Å². The lowest BCUT2D eigenvalue weighted by Crippen LogP contribution is -2.63. The quantitative estimate of drug-likeness (QED) is 0.281. The molecule has 0 aromatic heterocycles. The Balaban J connectivity index is 2.27. The number of ether oxygens (including phenoxy) is 1. The van der Waals surface area contributed by atoms with Gasteiger partial charge in [0.2, 0.25) is 5.91 Å². The minimum absolute atomic E-state index is 0.366. The Morgan fingerprint density at radius 1 is 1.35 bits per heavy atom. The Kier molecular flexibility index (Phi) is 4.61. The van der Waals surface area contributed by atoms with Crippen LogP contribution in [0.1, 0.15) is 39.3 Å². The summed E-state index contributed by atoms with van der Waals surface area (Å²) in [7, 11) is 0. The largest absolute Gasteiger partial charge is 0.458 e. The second-order valence-electron chi connectivity index (χ2n) is 6.46. The highest BCUT2D eigenvalue weighted by atomic mass is 16.6. The van der Waals surface area contributed by atoms with E-state index in [-0.39, 0.29) is 5.91 Å². The number of hydrogen-bond acceptors (Lipinski definition) is 4. The van der Waals surface area contributed by atoms with Crippen molar-refractivity contribution in [1.29, 1.82) is 0 Å². The van der Waals surface area contributed by atoms with Crippen LogP contribution < -0.4 is 0 Å². The number of carbonyl (C=O) groups is 2. The third-order valence-electron chi connectivity index (χ3n) is 3.59. The van der Waals surface area contributed by atoms with Gasteiger partial charge >= 0.3 is 5.97 Å². The maximum absolute atomic E-state index is 12.3. The monoisotopic (exact) mass is 316 g/mol. The molecule has 0 saturated carbocycles. The van der Waals surface area contributed by atoms with E-state index in [4.69, 9.17) is 10.3 Å². The average molecular weight is 316 g/mol. The lowest BCUT2D eigenvalue weighted by molar-refractivity contribution is -0.173. The molecule has 1 fully saturated rings. The van der Waals surface area contributed by atoms with Gasteiger partial charge in [-0.25, -0.2) is 4.79 Å². The van der Waals surface area contributed by atoms with E-state index in [9.17, 15) is 9.59 Å². The highest BCUT2D eigenvalue weighted by molar-refractivity contribution is 5.94. The van der Waals surface area contributed by atoms with E-state index >= 15 is 0 Å². The smallest absolute Gasteiger partial charge is 0.329 e. The lowest BCUT2D eigenvalue weighted by Gasteiger charge is -2.48. The zero-order valence-electron chi connectivity index (χ0n) is 13.6. The van der Waals surface area contributed by atoms with Crippen LogP contribution in [-0.4, -0.2) is 34.5 Å². The fourth-order valence-corrected chi connectivity index (χ4v) is 2.59. The number of β-lactam (4-membered cyclic amide) rings is 1. The zero-order chi connectivity index (χ0) is 17.2. The number of hydrogen-bond donors (Lipinski definition) is 0. The Labute approximate surface area is 134 Å². The zero-order valence-corrected chi connectivity index (χ0v) is 13.6.